The second-order valence-corrected chi connectivity index (χ2v) is 7.02. The third-order valence-electron chi connectivity index (χ3n) is 3.00. The average molecular weight is 341 g/mol. The van der Waals surface area contributed by atoms with Gasteiger partial charge in [0.15, 0.2) is 0 Å². The maximum absolute atomic E-state index is 12.5. The second kappa shape index (κ2) is 6.43. The van der Waals surface area contributed by atoms with Gasteiger partial charge >= 0.3 is 5.97 Å². The van der Waals surface area contributed by atoms with Crippen LogP contribution in [-0.4, -0.2) is 35.8 Å². The molecule has 0 spiro atoms. The summed E-state index contributed by atoms with van der Waals surface area (Å²) in [6, 6.07) is 7.06. The summed E-state index contributed by atoms with van der Waals surface area (Å²) in [6.45, 7) is 0.126. The normalized spacial score (nSPS) is 11.6. The molecular formula is C14H13ClN2O4S. The number of pyridine rings is 1. The van der Waals surface area contributed by atoms with Crippen molar-refractivity contribution >= 4 is 27.6 Å². The van der Waals surface area contributed by atoms with Gasteiger partial charge in [0.2, 0.25) is 10.0 Å². The van der Waals surface area contributed by atoms with Crippen molar-refractivity contribution in [2.75, 3.05) is 7.05 Å². The van der Waals surface area contributed by atoms with Crippen LogP contribution in [-0.2, 0) is 16.6 Å². The number of sulfonamides is 1. The molecule has 0 unspecified atom stereocenters. The van der Waals surface area contributed by atoms with Crippen molar-refractivity contribution in [2.24, 2.45) is 0 Å². The van der Waals surface area contributed by atoms with Gasteiger partial charge in [-0.1, -0.05) is 17.7 Å². The predicted molar refractivity (Wildman–Crippen MR) is 81.3 cm³/mol. The molecule has 0 saturated heterocycles. The first-order chi connectivity index (χ1) is 10.3. The number of aromatic carboxylic acids is 1. The molecule has 0 radical (unpaired) electrons. The summed E-state index contributed by atoms with van der Waals surface area (Å²) >= 11 is 5.75. The van der Waals surface area contributed by atoms with Crippen molar-refractivity contribution < 1.29 is 18.3 Å². The van der Waals surface area contributed by atoms with Gasteiger partial charge in [-0.05, 0) is 29.8 Å². The van der Waals surface area contributed by atoms with E-state index in [9.17, 15) is 13.2 Å². The summed E-state index contributed by atoms with van der Waals surface area (Å²) in [6.07, 6.45) is 3.16. The van der Waals surface area contributed by atoms with Crippen LogP contribution in [0.25, 0.3) is 0 Å². The molecule has 0 fully saturated rings. The van der Waals surface area contributed by atoms with E-state index in [1.807, 2.05) is 0 Å². The van der Waals surface area contributed by atoms with Crippen LogP contribution in [0.5, 0.6) is 0 Å². The highest BCUT2D eigenvalue weighted by molar-refractivity contribution is 7.89. The molecule has 0 atom stereocenters. The number of hydrogen-bond donors (Lipinski definition) is 1. The van der Waals surface area contributed by atoms with Crippen LogP contribution in [0.3, 0.4) is 0 Å². The molecule has 6 nitrogen and oxygen atoms in total. The molecular weight excluding hydrogens is 328 g/mol. The Balaban J connectivity index is 2.34. The molecule has 8 heteroatoms. The van der Waals surface area contributed by atoms with Crippen molar-refractivity contribution in [2.45, 2.75) is 11.4 Å². The predicted octanol–water partition coefficient (Wildman–Crippen LogP) is 2.25. The van der Waals surface area contributed by atoms with E-state index in [0.717, 1.165) is 15.9 Å². The number of benzene rings is 1. The standard InChI is InChI=1S/C14H13ClN2O4S/c1-17(9-10-3-2-6-16-8-10)22(20,21)11-4-5-13(15)12(7-11)14(18)19/h2-8H,9H2,1H3,(H,18,19). The van der Waals surface area contributed by atoms with E-state index in [-0.39, 0.29) is 22.0 Å². The molecule has 1 aromatic heterocycles. The summed E-state index contributed by atoms with van der Waals surface area (Å²) in [4.78, 5) is 14.9. The maximum Gasteiger partial charge on any atom is 0.337 e. The quantitative estimate of drug-likeness (QED) is 0.902. The minimum Gasteiger partial charge on any atom is -0.478 e. The highest BCUT2D eigenvalue weighted by Crippen LogP contribution is 2.23. The summed E-state index contributed by atoms with van der Waals surface area (Å²) < 4.78 is 26.1. The Morgan fingerprint density at radius 2 is 2.09 bits per heavy atom. The molecule has 0 saturated carbocycles. The Bertz CT molecular complexity index is 794. The first-order valence-corrected chi connectivity index (χ1v) is 8.02. The molecule has 2 rings (SSSR count). The smallest absolute Gasteiger partial charge is 0.337 e. The number of carbonyl (C=O) groups is 1. The molecule has 0 amide bonds. The van der Waals surface area contributed by atoms with Gasteiger partial charge in [-0.2, -0.15) is 4.31 Å². The van der Waals surface area contributed by atoms with Gasteiger partial charge in [-0.15, -0.1) is 0 Å². The molecule has 2 aromatic rings. The van der Waals surface area contributed by atoms with E-state index in [1.165, 1.54) is 19.2 Å². The molecule has 1 aromatic carbocycles. The molecule has 0 bridgehead atoms. The molecule has 116 valence electrons. The zero-order valence-electron chi connectivity index (χ0n) is 11.6. The van der Waals surface area contributed by atoms with E-state index in [1.54, 1.807) is 24.5 Å². The zero-order valence-corrected chi connectivity index (χ0v) is 13.2. The summed E-state index contributed by atoms with van der Waals surface area (Å²) in [7, 11) is -2.41. The highest BCUT2D eigenvalue weighted by atomic mass is 35.5. The van der Waals surface area contributed by atoms with Crippen LogP contribution in [0.1, 0.15) is 15.9 Å². The van der Waals surface area contributed by atoms with E-state index >= 15 is 0 Å². The summed E-state index contributed by atoms with van der Waals surface area (Å²) in [5.74, 6) is -1.28. The van der Waals surface area contributed by atoms with E-state index in [2.05, 4.69) is 4.98 Å². The third kappa shape index (κ3) is 3.44. The molecule has 1 N–H and O–H groups in total. The van der Waals surface area contributed by atoms with Crippen LogP contribution in [0.15, 0.2) is 47.6 Å². The number of aromatic nitrogens is 1. The minimum atomic E-state index is -3.83. The Morgan fingerprint density at radius 1 is 1.36 bits per heavy atom. The van der Waals surface area contributed by atoms with Crippen molar-refractivity contribution in [3.63, 3.8) is 0 Å². The summed E-state index contributed by atoms with van der Waals surface area (Å²) in [5.41, 5.74) is 0.471. The van der Waals surface area contributed by atoms with Crippen LogP contribution in [0, 0.1) is 0 Å². The van der Waals surface area contributed by atoms with Crippen molar-refractivity contribution in [3.05, 3.63) is 58.9 Å². The topological polar surface area (TPSA) is 87.6 Å². The van der Waals surface area contributed by atoms with Crippen LogP contribution < -0.4 is 0 Å². The highest BCUT2D eigenvalue weighted by Gasteiger charge is 2.23. The Kier molecular flexibility index (Phi) is 4.80. The van der Waals surface area contributed by atoms with Crippen molar-refractivity contribution in [3.8, 4) is 0 Å². The molecule has 0 aliphatic carbocycles. The van der Waals surface area contributed by atoms with E-state index in [0.29, 0.717) is 0 Å². The van der Waals surface area contributed by atoms with Gasteiger partial charge in [-0.3, -0.25) is 4.98 Å². The lowest BCUT2D eigenvalue weighted by molar-refractivity contribution is 0.0697. The van der Waals surface area contributed by atoms with Crippen molar-refractivity contribution in [1.82, 2.24) is 9.29 Å². The van der Waals surface area contributed by atoms with Gasteiger partial charge in [0.1, 0.15) is 0 Å². The average Bonchev–Trinajstić information content (AvgIpc) is 2.48. The molecule has 1 heterocycles. The first-order valence-electron chi connectivity index (χ1n) is 6.20. The first kappa shape index (κ1) is 16.4. The Morgan fingerprint density at radius 3 is 2.68 bits per heavy atom. The van der Waals surface area contributed by atoms with Crippen LogP contribution in [0.4, 0.5) is 0 Å². The van der Waals surface area contributed by atoms with Crippen LogP contribution >= 0.6 is 11.6 Å². The lowest BCUT2D eigenvalue weighted by Gasteiger charge is -2.17. The lowest BCUT2D eigenvalue weighted by Crippen LogP contribution is -2.26. The fourth-order valence-electron chi connectivity index (χ4n) is 1.84. The Labute approximate surface area is 133 Å². The van der Waals surface area contributed by atoms with Crippen LogP contribution in [0.2, 0.25) is 5.02 Å². The third-order valence-corrected chi connectivity index (χ3v) is 5.13. The molecule has 0 aliphatic rings. The number of rotatable bonds is 5. The van der Waals surface area contributed by atoms with Crippen molar-refractivity contribution in [1.29, 1.82) is 0 Å². The largest absolute Gasteiger partial charge is 0.478 e. The number of hydrogen-bond acceptors (Lipinski definition) is 4. The fraction of sp³-hybridized carbons (Fsp3) is 0.143. The van der Waals surface area contributed by atoms with Gasteiger partial charge in [-0.25, -0.2) is 13.2 Å². The maximum atomic E-state index is 12.5. The van der Waals surface area contributed by atoms with E-state index < -0.39 is 16.0 Å². The number of carboxylic acids is 1. The fourth-order valence-corrected chi connectivity index (χ4v) is 3.23. The number of halogens is 1. The van der Waals surface area contributed by atoms with E-state index in [4.69, 9.17) is 16.7 Å². The molecule has 0 aliphatic heterocycles. The lowest BCUT2D eigenvalue weighted by atomic mass is 10.2. The van der Waals surface area contributed by atoms with Gasteiger partial charge in [0, 0.05) is 26.0 Å². The number of carboxylic acid groups (broad SMARTS) is 1. The number of nitrogens with zero attached hydrogens (tertiary/aromatic N) is 2. The monoisotopic (exact) mass is 340 g/mol. The second-order valence-electron chi connectivity index (χ2n) is 4.57. The Hall–Kier alpha value is -1.96. The van der Waals surface area contributed by atoms with Gasteiger partial charge in [0.05, 0.1) is 15.5 Å². The van der Waals surface area contributed by atoms with Gasteiger partial charge < -0.3 is 5.11 Å². The SMILES string of the molecule is CN(Cc1cccnc1)S(=O)(=O)c1ccc(Cl)c(C(=O)O)c1. The zero-order chi connectivity index (χ0) is 16.3. The molecule has 22 heavy (non-hydrogen) atoms. The minimum absolute atomic E-state index is 0.0126. The van der Waals surface area contributed by atoms with Gasteiger partial charge in [0.25, 0.3) is 0 Å². The summed E-state index contributed by atoms with van der Waals surface area (Å²) in [5, 5.41) is 9.02.